The second-order valence-corrected chi connectivity index (χ2v) is 7.44. The zero-order valence-electron chi connectivity index (χ0n) is 16.7. The lowest BCUT2D eigenvalue weighted by Gasteiger charge is -2.29. The summed E-state index contributed by atoms with van der Waals surface area (Å²) in [5, 5.41) is 13.5. The maximum atomic E-state index is 13.4. The van der Waals surface area contributed by atoms with Crippen LogP contribution in [0, 0.1) is 0 Å². The Bertz CT molecular complexity index is 1150. The molecule has 0 fully saturated rings. The molecule has 0 bridgehead atoms. The number of hydrogen-bond donors (Lipinski definition) is 2. The predicted molar refractivity (Wildman–Crippen MR) is 113 cm³/mol. The summed E-state index contributed by atoms with van der Waals surface area (Å²) in [6.07, 6.45) is 0. The number of benzene rings is 2. The van der Waals surface area contributed by atoms with Gasteiger partial charge in [-0.2, -0.15) is 0 Å². The average molecular weight is 426 g/mol. The molecule has 30 heavy (non-hydrogen) atoms. The number of ether oxygens (including phenoxy) is 2. The van der Waals surface area contributed by atoms with Gasteiger partial charge in [0.05, 0.1) is 30.0 Å². The number of Topliss-reactive ketones (excluding diaryl/α,β-unsaturated/α-hetero) is 1. The lowest BCUT2D eigenvalue weighted by atomic mass is 9.79. The van der Waals surface area contributed by atoms with Crippen LogP contribution >= 0.6 is 11.6 Å². The van der Waals surface area contributed by atoms with Crippen LogP contribution in [0.5, 0.6) is 11.5 Å². The van der Waals surface area contributed by atoms with Crippen LogP contribution in [-0.2, 0) is 9.53 Å². The first-order valence-corrected chi connectivity index (χ1v) is 9.86. The van der Waals surface area contributed by atoms with Crippen LogP contribution in [0.2, 0.25) is 5.02 Å². The van der Waals surface area contributed by atoms with Crippen molar-refractivity contribution in [1.82, 2.24) is 5.32 Å². The lowest BCUT2D eigenvalue weighted by Crippen LogP contribution is -2.29. The van der Waals surface area contributed by atoms with Crippen LogP contribution in [0.25, 0.3) is 5.70 Å². The largest absolute Gasteiger partial charge is 0.503 e. The number of phenols is 1. The molecule has 1 heterocycles. The van der Waals surface area contributed by atoms with E-state index in [4.69, 9.17) is 21.1 Å². The third kappa shape index (κ3) is 2.95. The molecule has 2 aliphatic rings. The highest BCUT2D eigenvalue weighted by atomic mass is 35.5. The number of esters is 1. The monoisotopic (exact) mass is 425 g/mol. The second-order valence-electron chi connectivity index (χ2n) is 7.03. The van der Waals surface area contributed by atoms with Gasteiger partial charge in [0, 0.05) is 28.3 Å². The molecule has 154 valence electrons. The van der Waals surface area contributed by atoms with E-state index in [1.54, 1.807) is 38.1 Å². The third-order valence-corrected chi connectivity index (χ3v) is 5.63. The summed E-state index contributed by atoms with van der Waals surface area (Å²) in [5.74, 6) is -1.46. The minimum atomic E-state index is -0.731. The highest BCUT2D eigenvalue weighted by Gasteiger charge is 2.43. The van der Waals surface area contributed by atoms with Gasteiger partial charge in [-0.15, -0.1) is 0 Å². The van der Waals surface area contributed by atoms with E-state index in [9.17, 15) is 14.7 Å². The average Bonchev–Trinajstić information content (AvgIpc) is 3.02. The maximum absolute atomic E-state index is 13.4. The van der Waals surface area contributed by atoms with Crippen molar-refractivity contribution in [1.29, 1.82) is 0 Å². The molecule has 2 N–H and O–H groups in total. The summed E-state index contributed by atoms with van der Waals surface area (Å²) < 4.78 is 10.5. The summed E-state index contributed by atoms with van der Waals surface area (Å²) in [4.78, 5) is 26.1. The summed E-state index contributed by atoms with van der Waals surface area (Å²) in [6.45, 7) is 3.86. The first-order valence-electron chi connectivity index (χ1n) is 9.48. The van der Waals surface area contributed by atoms with Crippen molar-refractivity contribution in [2.45, 2.75) is 19.8 Å². The fourth-order valence-corrected chi connectivity index (χ4v) is 4.29. The van der Waals surface area contributed by atoms with Crippen LogP contribution in [0.4, 0.5) is 0 Å². The molecule has 6 nitrogen and oxygen atoms in total. The zero-order chi connectivity index (χ0) is 21.6. The quantitative estimate of drug-likeness (QED) is 0.714. The number of fused-ring (bicyclic) bond motifs is 2. The SMILES string of the molecule is CCOc1cc([C@H]2C(C(=O)OC)=C(C)NC3=C2C(=O)c2ccccc23)cc(Cl)c1O. The standard InChI is InChI=1S/C23H20ClNO5/c1-4-30-16-10-12(9-15(24)22(16)27)18-17(23(28)29-3)11(2)25-20-13-7-5-6-8-14(13)21(26)19(18)20/h5-10,18,25,27H,4H2,1-3H3/t18-/m0/s1. The van der Waals surface area contributed by atoms with Crippen LogP contribution in [0.15, 0.2) is 53.2 Å². The highest BCUT2D eigenvalue weighted by Crippen LogP contribution is 2.49. The van der Waals surface area contributed by atoms with Gasteiger partial charge in [-0.25, -0.2) is 4.79 Å². The Kier molecular flexibility index (Phi) is 5.03. The van der Waals surface area contributed by atoms with E-state index in [1.807, 2.05) is 12.1 Å². The van der Waals surface area contributed by atoms with Crippen molar-refractivity contribution < 1.29 is 24.2 Å². The summed E-state index contributed by atoms with van der Waals surface area (Å²) in [5.41, 5.74) is 3.88. The van der Waals surface area contributed by atoms with Crippen molar-refractivity contribution in [2.75, 3.05) is 13.7 Å². The Morgan fingerprint density at radius 1 is 1.23 bits per heavy atom. The van der Waals surface area contributed by atoms with E-state index >= 15 is 0 Å². The van der Waals surface area contributed by atoms with Gasteiger partial charge in [0.2, 0.25) is 0 Å². The minimum absolute atomic E-state index is 0.0708. The van der Waals surface area contributed by atoms with Gasteiger partial charge in [-0.3, -0.25) is 4.79 Å². The lowest BCUT2D eigenvalue weighted by molar-refractivity contribution is -0.136. The first kappa shape index (κ1) is 20.0. The fourth-order valence-electron chi connectivity index (χ4n) is 4.07. The molecule has 4 rings (SSSR count). The van der Waals surface area contributed by atoms with Gasteiger partial charge in [0.25, 0.3) is 0 Å². The molecule has 2 aromatic carbocycles. The molecule has 7 heteroatoms. The number of dihydropyridines is 1. The number of halogens is 1. The van der Waals surface area contributed by atoms with Gasteiger partial charge in [-0.1, -0.05) is 35.9 Å². The summed E-state index contributed by atoms with van der Waals surface area (Å²) in [7, 11) is 1.30. The predicted octanol–water partition coefficient (Wildman–Crippen LogP) is 4.19. The number of methoxy groups -OCH3 is 1. The van der Waals surface area contributed by atoms with Crippen LogP contribution in [-0.4, -0.2) is 30.6 Å². The number of nitrogens with one attached hydrogen (secondary N) is 1. The van der Waals surface area contributed by atoms with E-state index in [0.29, 0.717) is 40.3 Å². The second kappa shape index (κ2) is 7.54. The molecular formula is C23H20ClNO5. The van der Waals surface area contributed by atoms with Gasteiger partial charge in [0.1, 0.15) is 0 Å². The van der Waals surface area contributed by atoms with Crippen molar-refractivity contribution in [3.63, 3.8) is 0 Å². The molecule has 0 saturated carbocycles. The number of carbonyl (C=O) groups excluding carboxylic acids is 2. The number of carbonyl (C=O) groups is 2. The molecule has 0 amide bonds. The van der Waals surface area contributed by atoms with Crippen molar-refractivity contribution in [3.05, 3.63) is 75.0 Å². The normalized spacial score (nSPS) is 17.5. The molecule has 1 atom stereocenters. The molecule has 0 spiro atoms. The smallest absolute Gasteiger partial charge is 0.336 e. The molecular weight excluding hydrogens is 406 g/mol. The third-order valence-electron chi connectivity index (χ3n) is 5.34. The van der Waals surface area contributed by atoms with Crippen LogP contribution in [0.1, 0.15) is 41.3 Å². The van der Waals surface area contributed by atoms with E-state index in [2.05, 4.69) is 5.32 Å². The van der Waals surface area contributed by atoms with Gasteiger partial charge >= 0.3 is 5.97 Å². The Labute approximate surface area is 178 Å². The van der Waals surface area contributed by atoms with Crippen LogP contribution in [0.3, 0.4) is 0 Å². The zero-order valence-corrected chi connectivity index (χ0v) is 17.5. The molecule has 2 aromatic rings. The number of phenolic OH excluding ortho intramolecular Hbond substituents is 1. The van der Waals surface area contributed by atoms with Crippen LogP contribution < -0.4 is 10.1 Å². The van der Waals surface area contributed by atoms with Crippen molar-refractivity contribution >= 4 is 29.1 Å². The molecule has 0 radical (unpaired) electrons. The molecule has 0 unspecified atom stereocenters. The Morgan fingerprint density at radius 3 is 2.60 bits per heavy atom. The Morgan fingerprint density at radius 2 is 1.93 bits per heavy atom. The summed E-state index contributed by atoms with van der Waals surface area (Å²) in [6, 6.07) is 10.4. The summed E-state index contributed by atoms with van der Waals surface area (Å²) >= 11 is 6.26. The molecule has 1 aliphatic heterocycles. The number of rotatable bonds is 4. The molecule has 0 saturated heterocycles. The van der Waals surface area contributed by atoms with Gasteiger partial charge < -0.3 is 19.9 Å². The highest BCUT2D eigenvalue weighted by molar-refractivity contribution is 6.32. The topological polar surface area (TPSA) is 84.9 Å². The van der Waals surface area contributed by atoms with E-state index in [0.717, 1.165) is 5.56 Å². The number of ketones is 1. The van der Waals surface area contributed by atoms with Gasteiger partial charge in [-0.05, 0) is 31.5 Å². The van der Waals surface area contributed by atoms with E-state index in [1.165, 1.54) is 7.11 Å². The number of allylic oxidation sites excluding steroid dienone is 2. The van der Waals surface area contributed by atoms with Crippen molar-refractivity contribution in [2.24, 2.45) is 0 Å². The van der Waals surface area contributed by atoms with E-state index < -0.39 is 11.9 Å². The Balaban J connectivity index is 1.97. The van der Waals surface area contributed by atoms with Gasteiger partial charge in [0.15, 0.2) is 17.3 Å². The Hall–Kier alpha value is -3.25. The van der Waals surface area contributed by atoms with Crippen molar-refractivity contribution in [3.8, 4) is 11.5 Å². The van der Waals surface area contributed by atoms with E-state index in [-0.39, 0.29) is 22.3 Å². The number of hydrogen-bond acceptors (Lipinski definition) is 6. The molecule has 1 aliphatic carbocycles. The number of aromatic hydroxyl groups is 1. The molecule has 0 aromatic heterocycles. The first-order chi connectivity index (χ1) is 14.4. The maximum Gasteiger partial charge on any atom is 0.336 e. The fraction of sp³-hybridized carbons (Fsp3) is 0.217. The minimum Gasteiger partial charge on any atom is -0.503 e.